The quantitative estimate of drug-likeness (QED) is 0.694. The van der Waals surface area contributed by atoms with Crippen molar-refractivity contribution in [2.75, 3.05) is 0 Å². The second-order valence-electron chi connectivity index (χ2n) is 3.89. The van der Waals surface area contributed by atoms with Crippen molar-refractivity contribution in [3.05, 3.63) is 47.8 Å². The first kappa shape index (κ1) is 13.3. The second-order valence-corrected chi connectivity index (χ2v) is 7.30. The predicted octanol–water partition coefficient (Wildman–Crippen LogP) is 2.92. The highest BCUT2D eigenvalue weighted by molar-refractivity contribution is 8.13. The molecule has 0 saturated carbocycles. The van der Waals surface area contributed by atoms with Gasteiger partial charge in [-0.25, -0.2) is 8.42 Å². The minimum absolute atomic E-state index is 0.284. The summed E-state index contributed by atoms with van der Waals surface area (Å²) in [6, 6.07) is 12.7. The van der Waals surface area contributed by atoms with E-state index in [0.717, 1.165) is 4.88 Å². The number of nitrogens with zero attached hydrogens (tertiary/aromatic N) is 3. The van der Waals surface area contributed by atoms with E-state index in [2.05, 4.69) is 10.2 Å². The highest BCUT2D eigenvalue weighted by Crippen LogP contribution is 2.29. The van der Waals surface area contributed by atoms with E-state index in [1.807, 2.05) is 23.6 Å². The van der Waals surface area contributed by atoms with Gasteiger partial charge in [0.15, 0.2) is 5.82 Å². The first-order chi connectivity index (χ1) is 9.57. The van der Waals surface area contributed by atoms with Crippen LogP contribution in [-0.4, -0.2) is 23.2 Å². The lowest BCUT2D eigenvalue weighted by Gasteiger charge is -2.07. The molecule has 2 aromatic heterocycles. The molecule has 0 fully saturated rings. The number of hydrogen-bond acceptors (Lipinski definition) is 5. The smallest absolute Gasteiger partial charge is 0.264 e. The Bertz CT molecular complexity index is 827. The van der Waals surface area contributed by atoms with E-state index in [1.54, 1.807) is 24.3 Å². The molecule has 8 heteroatoms. The fourth-order valence-corrected chi connectivity index (χ4v) is 3.35. The second kappa shape index (κ2) is 5.01. The van der Waals surface area contributed by atoms with Crippen LogP contribution in [0.5, 0.6) is 0 Å². The van der Waals surface area contributed by atoms with Crippen molar-refractivity contribution in [1.82, 2.24) is 14.8 Å². The molecule has 0 spiro atoms. The number of rotatable bonds is 3. The molecular formula is C12H8ClN3O2S2. The number of halogens is 1. The van der Waals surface area contributed by atoms with E-state index < -0.39 is 9.05 Å². The molecule has 0 bridgehead atoms. The average Bonchev–Trinajstić information content (AvgIpc) is 3.07. The summed E-state index contributed by atoms with van der Waals surface area (Å²) < 4.78 is 24.7. The van der Waals surface area contributed by atoms with Gasteiger partial charge in [-0.1, -0.05) is 24.3 Å². The van der Waals surface area contributed by atoms with E-state index in [1.165, 1.54) is 15.9 Å². The summed E-state index contributed by atoms with van der Waals surface area (Å²) in [5, 5.41) is 9.28. The molecule has 20 heavy (non-hydrogen) atoms. The van der Waals surface area contributed by atoms with Gasteiger partial charge in [0.05, 0.1) is 4.88 Å². The topological polar surface area (TPSA) is 64.8 Å². The van der Waals surface area contributed by atoms with Crippen LogP contribution in [-0.2, 0) is 9.05 Å². The third-order valence-corrected chi connectivity index (χ3v) is 4.59. The summed E-state index contributed by atoms with van der Waals surface area (Å²) in [5.74, 6) is 0.449. The first-order valence-electron chi connectivity index (χ1n) is 5.57. The van der Waals surface area contributed by atoms with Crippen LogP contribution in [0.1, 0.15) is 0 Å². The number of hydrogen-bond donors (Lipinski definition) is 0. The van der Waals surface area contributed by atoms with Crippen LogP contribution in [0.3, 0.4) is 0 Å². The lowest BCUT2D eigenvalue weighted by atomic mass is 10.3. The zero-order valence-electron chi connectivity index (χ0n) is 9.97. The fraction of sp³-hybridized carbons (Fsp3) is 0. The summed E-state index contributed by atoms with van der Waals surface area (Å²) in [5.41, 5.74) is 0.639. The molecule has 0 N–H and O–H groups in total. The SMILES string of the molecule is O=S(=O)(Cl)c1nnc(-c2cccs2)n1-c1ccccc1. The molecule has 0 radical (unpaired) electrons. The minimum Gasteiger partial charge on any atom is -0.264 e. The standard InChI is InChI=1S/C12H8ClN3O2S2/c13-20(17,18)12-15-14-11(10-7-4-8-19-10)16(12)9-5-2-1-3-6-9/h1-8H. The Morgan fingerprint density at radius 2 is 1.80 bits per heavy atom. The van der Waals surface area contributed by atoms with Crippen LogP contribution in [0, 0.1) is 0 Å². The van der Waals surface area contributed by atoms with E-state index in [4.69, 9.17) is 10.7 Å². The molecule has 3 aromatic rings. The van der Waals surface area contributed by atoms with Crippen LogP contribution < -0.4 is 0 Å². The van der Waals surface area contributed by atoms with Crippen LogP contribution in [0.2, 0.25) is 0 Å². The maximum Gasteiger partial charge on any atom is 0.297 e. The van der Waals surface area contributed by atoms with Gasteiger partial charge in [-0.3, -0.25) is 4.57 Å². The van der Waals surface area contributed by atoms with Crippen molar-refractivity contribution in [1.29, 1.82) is 0 Å². The Morgan fingerprint density at radius 3 is 2.40 bits per heavy atom. The average molecular weight is 326 g/mol. The Morgan fingerprint density at radius 1 is 1.05 bits per heavy atom. The summed E-state index contributed by atoms with van der Waals surface area (Å²) in [6.07, 6.45) is 0. The maximum absolute atomic E-state index is 11.7. The lowest BCUT2D eigenvalue weighted by Crippen LogP contribution is -2.05. The molecule has 5 nitrogen and oxygen atoms in total. The van der Waals surface area contributed by atoms with Crippen molar-refractivity contribution in [2.45, 2.75) is 5.16 Å². The van der Waals surface area contributed by atoms with Gasteiger partial charge in [0.1, 0.15) is 0 Å². The largest absolute Gasteiger partial charge is 0.297 e. The van der Waals surface area contributed by atoms with Crippen LogP contribution in [0.25, 0.3) is 16.4 Å². The Hall–Kier alpha value is -1.70. The number of para-hydroxylation sites is 1. The van der Waals surface area contributed by atoms with E-state index in [9.17, 15) is 8.42 Å². The van der Waals surface area contributed by atoms with Gasteiger partial charge in [-0.15, -0.1) is 21.5 Å². The Kier molecular flexibility index (Phi) is 3.33. The third kappa shape index (κ3) is 2.35. The minimum atomic E-state index is -3.99. The monoisotopic (exact) mass is 325 g/mol. The van der Waals surface area contributed by atoms with Crippen LogP contribution in [0.4, 0.5) is 0 Å². The highest BCUT2D eigenvalue weighted by atomic mass is 35.7. The van der Waals surface area contributed by atoms with Crippen molar-refractivity contribution < 1.29 is 8.42 Å². The number of benzene rings is 1. The van der Waals surface area contributed by atoms with Crippen molar-refractivity contribution in [3.8, 4) is 16.4 Å². The van der Waals surface area contributed by atoms with E-state index >= 15 is 0 Å². The van der Waals surface area contributed by atoms with Gasteiger partial charge in [-0.05, 0) is 23.6 Å². The fourth-order valence-electron chi connectivity index (χ4n) is 1.80. The zero-order chi connectivity index (χ0) is 14.2. The molecule has 102 valence electrons. The van der Waals surface area contributed by atoms with Gasteiger partial charge in [-0.2, -0.15) is 0 Å². The molecular weight excluding hydrogens is 318 g/mol. The van der Waals surface area contributed by atoms with Crippen LogP contribution >= 0.6 is 22.0 Å². The van der Waals surface area contributed by atoms with Crippen LogP contribution in [0.15, 0.2) is 53.0 Å². The summed E-state index contributed by atoms with van der Waals surface area (Å²) in [4.78, 5) is 0.813. The molecule has 1 aromatic carbocycles. The number of aromatic nitrogens is 3. The van der Waals surface area contributed by atoms with Crippen molar-refractivity contribution in [2.24, 2.45) is 0 Å². The third-order valence-electron chi connectivity index (χ3n) is 2.61. The zero-order valence-corrected chi connectivity index (χ0v) is 12.4. The van der Waals surface area contributed by atoms with Gasteiger partial charge in [0.2, 0.25) is 0 Å². The molecule has 0 aliphatic heterocycles. The van der Waals surface area contributed by atoms with Gasteiger partial charge < -0.3 is 0 Å². The lowest BCUT2D eigenvalue weighted by molar-refractivity contribution is 0.597. The summed E-state index contributed by atoms with van der Waals surface area (Å²) >= 11 is 1.45. The molecule has 0 amide bonds. The van der Waals surface area contributed by atoms with Gasteiger partial charge in [0.25, 0.3) is 14.2 Å². The molecule has 2 heterocycles. The predicted molar refractivity (Wildman–Crippen MR) is 77.7 cm³/mol. The van der Waals surface area contributed by atoms with E-state index in [0.29, 0.717) is 11.5 Å². The number of thiophene rings is 1. The van der Waals surface area contributed by atoms with Crippen molar-refractivity contribution in [3.63, 3.8) is 0 Å². The summed E-state index contributed by atoms with van der Waals surface area (Å²) in [7, 11) is 1.45. The molecule has 0 unspecified atom stereocenters. The maximum atomic E-state index is 11.7. The van der Waals surface area contributed by atoms with Gasteiger partial charge >= 0.3 is 0 Å². The summed E-state index contributed by atoms with van der Waals surface area (Å²) in [6.45, 7) is 0. The molecule has 0 atom stereocenters. The molecule has 3 rings (SSSR count). The Balaban J connectivity index is 2.31. The van der Waals surface area contributed by atoms with E-state index in [-0.39, 0.29) is 5.16 Å². The van der Waals surface area contributed by atoms with Crippen molar-refractivity contribution >= 4 is 31.1 Å². The molecule has 0 aliphatic rings. The highest BCUT2D eigenvalue weighted by Gasteiger charge is 2.24. The first-order valence-corrected chi connectivity index (χ1v) is 8.75. The molecule has 0 aliphatic carbocycles. The Labute approximate surface area is 123 Å². The normalized spacial score (nSPS) is 11.7. The van der Waals surface area contributed by atoms with Gasteiger partial charge in [0, 0.05) is 16.4 Å². The molecule has 0 saturated heterocycles.